The van der Waals surface area contributed by atoms with E-state index in [1.807, 2.05) is 0 Å². The van der Waals surface area contributed by atoms with Gasteiger partial charge in [0.1, 0.15) is 22.4 Å². The number of ether oxygens (including phenoxy) is 4. The fraction of sp³-hybridized carbons (Fsp3) is 0.214. The topological polar surface area (TPSA) is 130 Å². The molecule has 1 unspecified atom stereocenters. The maximum atomic E-state index is 13.5. The number of hydrogen-bond donors (Lipinski definition) is 1. The van der Waals surface area contributed by atoms with E-state index in [-0.39, 0.29) is 40.0 Å². The number of methoxy groups -OCH3 is 3. The van der Waals surface area contributed by atoms with Crippen molar-refractivity contribution in [3.8, 4) is 5.75 Å². The van der Waals surface area contributed by atoms with Gasteiger partial charge in [-0.2, -0.15) is 0 Å². The summed E-state index contributed by atoms with van der Waals surface area (Å²) < 4.78 is 20.8. The standard InChI is InChI=1S/C28H26ClN3O7/c1-5-39-27(34)22-20(18-14-15-8-6-7-9-19(15)31-24(18)29)21(26(33)37-3)23(28(35)38-4)32(25(22)30)16-10-12-17(36-2)13-11-16/h6-14,20H,5,30H2,1-4H3. The molecule has 2 N–H and O–H groups in total. The van der Waals surface area contributed by atoms with Crippen LogP contribution in [0.15, 0.2) is 77.3 Å². The summed E-state index contributed by atoms with van der Waals surface area (Å²) in [4.78, 5) is 46.0. The number of esters is 3. The zero-order valence-electron chi connectivity index (χ0n) is 21.7. The van der Waals surface area contributed by atoms with Gasteiger partial charge in [0.25, 0.3) is 0 Å². The molecule has 0 spiro atoms. The van der Waals surface area contributed by atoms with Crippen molar-refractivity contribution in [2.75, 3.05) is 32.8 Å². The molecule has 11 heteroatoms. The van der Waals surface area contributed by atoms with Crippen molar-refractivity contribution in [2.24, 2.45) is 5.73 Å². The van der Waals surface area contributed by atoms with E-state index in [4.69, 9.17) is 36.3 Å². The van der Waals surface area contributed by atoms with Gasteiger partial charge in [0.15, 0.2) is 0 Å². The number of carbonyl (C=O) groups excluding carboxylic acids is 3. The fourth-order valence-electron chi connectivity index (χ4n) is 4.47. The molecular weight excluding hydrogens is 526 g/mol. The molecular formula is C28H26ClN3O7. The first kappa shape index (κ1) is 27.5. The predicted octanol–water partition coefficient (Wildman–Crippen LogP) is 3.83. The number of rotatable bonds is 7. The van der Waals surface area contributed by atoms with E-state index in [0.29, 0.717) is 22.3 Å². The molecule has 39 heavy (non-hydrogen) atoms. The van der Waals surface area contributed by atoms with Gasteiger partial charge in [-0.15, -0.1) is 0 Å². The molecule has 202 valence electrons. The summed E-state index contributed by atoms with van der Waals surface area (Å²) in [5.74, 6) is -3.52. The largest absolute Gasteiger partial charge is 0.497 e. The number of nitrogens with two attached hydrogens (primary N) is 1. The van der Waals surface area contributed by atoms with Crippen molar-refractivity contribution in [3.63, 3.8) is 0 Å². The van der Waals surface area contributed by atoms with Crippen molar-refractivity contribution in [2.45, 2.75) is 12.8 Å². The Balaban J connectivity index is 2.12. The summed E-state index contributed by atoms with van der Waals surface area (Å²) in [6.45, 7) is 1.66. The lowest BCUT2D eigenvalue weighted by Crippen LogP contribution is -2.42. The van der Waals surface area contributed by atoms with Gasteiger partial charge in [-0.1, -0.05) is 29.8 Å². The zero-order chi connectivity index (χ0) is 28.3. The Morgan fingerprint density at radius 3 is 2.23 bits per heavy atom. The number of nitrogens with zero attached hydrogens (tertiary/aromatic N) is 2. The van der Waals surface area contributed by atoms with Crippen LogP contribution in [0.3, 0.4) is 0 Å². The summed E-state index contributed by atoms with van der Waals surface area (Å²) in [7, 11) is 3.83. The summed E-state index contributed by atoms with van der Waals surface area (Å²) in [5.41, 5.74) is 7.23. The Hall–Kier alpha value is -4.57. The molecule has 2 aromatic carbocycles. The van der Waals surface area contributed by atoms with E-state index in [1.54, 1.807) is 61.5 Å². The smallest absolute Gasteiger partial charge is 0.355 e. The molecule has 0 fully saturated rings. The molecule has 1 aliphatic rings. The number of anilines is 1. The monoisotopic (exact) mass is 551 g/mol. The number of benzene rings is 2. The highest BCUT2D eigenvalue weighted by Crippen LogP contribution is 2.46. The summed E-state index contributed by atoms with van der Waals surface area (Å²) in [5, 5.41) is 0.678. The summed E-state index contributed by atoms with van der Waals surface area (Å²) in [6, 6.07) is 15.3. The second kappa shape index (κ2) is 11.4. The third kappa shape index (κ3) is 4.98. The fourth-order valence-corrected chi connectivity index (χ4v) is 4.72. The average molecular weight is 552 g/mol. The van der Waals surface area contributed by atoms with Gasteiger partial charge in [0.2, 0.25) is 0 Å². The first-order valence-corrected chi connectivity index (χ1v) is 12.2. The highest BCUT2D eigenvalue weighted by Gasteiger charge is 2.46. The van der Waals surface area contributed by atoms with Crippen molar-refractivity contribution in [3.05, 3.63) is 88.0 Å². The van der Waals surface area contributed by atoms with Gasteiger partial charge in [-0.05, 0) is 43.3 Å². The van der Waals surface area contributed by atoms with Crippen LogP contribution in [-0.4, -0.2) is 50.8 Å². The van der Waals surface area contributed by atoms with Crippen molar-refractivity contribution < 1.29 is 33.3 Å². The molecule has 0 saturated heterocycles. The van der Waals surface area contributed by atoms with Crippen LogP contribution >= 0.6 is 11.6 Å². The summed E-state index contributed by atoms with van der Waals surface area (Å²) in [6.07, 6.45) is 0. The van der Waals surface area contributed by atoms with Crippen molar-refractivity contribution in [1.82, 2.24) is 4.98 Å². The van der Waals surface area contributed by atoms with E-state index in [1.165, 1.54) is 12.0 Å². The number of para-hydroxylation sites is 1. The average Bonchev–Trinajstić information content (AvgIpc) is 2.95. The molecule has 0 bridgehead atoms. The van der Waals surface area contributed by atoms with Crippen LogP contribution in [0.5, 0.6) is 5.75 Å². The van der Waals surface area contributed by atoms with Gasteiger partial charge in [0.05, 0.1) is 50.5 Å². The molecule has 0 amide bonds. The lowest BCUT2D eigenvalue weighted by Gasteiger charge is -2.37. The Kier molecular flexibility index (Phi) is 8.06. The molecule has 4 rings (SSSR count). The lowest BCUT2D eigenvalue weighted by atomic mass is 9.80. The molecule has 1 aromatic heterocycles. The quantitative estimate of drug-likeness (QED) is 0.262. The van der Waals surface area contributed by atoms with E-state index >= 15 is 0 Å². The van der Waals surface area contributed by atoms with Gasteiger partial charge >= 0.3 is 17.9 Å². The molecule has 0 radical (unpaired) electrons. The van der Waals surface area contributed by atoms with E-state index in [2.05, 4.69) is 4.98 Å². The lowest BCUT2D eigenvalue weighted by molar-refractivity contribution is -0.141. The van der Waals surface area contributed by atoms with Crippen LogP contribution in [0.1, 0.15) is 18.4 Å². The molecule has 1 aliphatic heterocycles. The highest BCUT2D eigenvalue weighted by atomic mass is 35.5. The first-order chi connectivity index (χ1) is 18.8. The summed E-state index contributed by atoms with van der Waals surface area (Å²) >= 11 is 6.65. The Labute approximate surface area is 229 Å². The number of hydrogen-bond acceptors (Lipinski definition) is 10. The van der Waals surface area contributed by atoms with Crippen LogP contribution in [0, 0.1) is 0 Å². The first-order valence-electron chi connectivity index (χ1n) is 11.8. The number of aromatic nitrogens is 1. The SMILES string of the molecule is CCOC(=O)C1=C(N)N(c2ccc(OC)cc2)C(C(=O)OC)=C(C(=O)OC)C1c1cc2ccccc2nc1Cl. The molecule has 0 aliphatic carbocycles. The van der Waals surface area contributed by atoms with Gasteiger partial charge in [-0.3, -0.25) is 4.90 Å². The van der Waals surface area contributed by atoms with E-state index in [0.717, 1.165) is 14.2 Å². The van der Waals surface area contributed by atoms with Crippen LogP contribution in [0.25, 0.3) is 10.9 Å². The number of carbonyl (C=O) groups is 3. The Bertz CT molecular complexity index is 1520. The second-order valence-electron chi connectivity index (χ2n) is 8.29. The van der Waals surface area contributed by atoms with Gasteiger partial charge < -0.3 is 24.7 Å². The zero-order valence-corrected chi connectivity index (χ0v) is 22.4. The van der Waals surface area contributed by atoms with Crippen LogP contribution in [0.2, 0.25) is 5.15 Å². The Morgan fingerprint density at radius 1 is 0.949 bits per heavy atom. The minimum Gasteiger partial charge on any atom is -0.497 e. The molecule has 2 heterocycles. The predicted molar refractivity (Wildman–Crippen MR) is 144 cm³/mol. The van der Waals surface area contributed by atoms with Gasteiger partial charge in [-0.25, -0.2) is 19.4 Å². The maximum Gasteiger partial charge on any atom is 0.355 e. The molecule has 10 nitrogen and oxygen atoms in total. The van der Waals surface area contributed by atoms with Crippen LogP contribution in [-0.2, 0) is 28.6 Å². The normalized spacial score (nSPS) is 15.3. The second-order valence-corrected chi connectivity index (χ2v) is 8.65. The number of pyridine rings is 1. The van der Waals surface area contributed by atoms with Gasteiger partial charge in [0, 0.05) is 16.6 Å². The number of halogens is 1. The minimum absolute atomic E-state index is 0.00295. The van der Waals surface area contributed by atoms with Crippen molar-refractivity contribution >= 4 is 46.1 Å². The minimum atomic E-state index is -1.27. The highest BCUT2D eigenvalue weighted by molar-refractivity contribution is 6.31. The van der Waals surface area contributed by atoms with E-state index in [9.17, 15) is 14.4 Å². The molecule has 3 aromatic rings. The van der Waals surface area contributed by atoms with Crippen LogP contribution < -0.4 is 15.4 Å². The number of fused-ring (bicyclic) bond motifs is 1. The third-order valence-electron chi connectivity index (χ3n) is 6.20. The van der Waals surface area contributed by atoms with E-state index < -0.39 is 23.8 Å². The molecule has 1 atom stereocenters. The third-order valence-corrected chi connectivity index (χ3v) is 6.50. The van der Waals surface area contributed by atoms with Crippen molar-refractivity contribution in [1.29, 1.82) is 0 Å². The molecule has 0 saturated carbocycles. The van der Waals surface area contributed by atoms with Crippen LogP contribution in [0.4, 0.5) is 5.69 Å². The Morgan fingerprint density at radius 2 is 1.62 bits per heavy atom. The maximum absolute atomic E-state index is 13.5.